The van der Waals surface area contributed by atoms with E-state index in [4.69, 9.17) is 0 Å². The van der Waals surface area contributed by atoms with Crippen LogP contribution in [0.15, 0.2) is 21.6 Å². The molecule has 1 unspecified atom stereocenters. The number of rotatable bonds is 8. The topological polar surface area (TPSA) is 71.1 Å². The van der Waals surface area contributed by atoms with Gasteiger partial charge in [-0.1, -0.05) is 6.92 Å². The van der Waals surface area contributed by atoms with E-state index in [1.165, 1.54) is 0 Å². The number of thioether (sulfide) groups is 1. The lowest BCUT2D eigenvalue weighted by atomic mass is 10.2. The van der Waals surface area contributed by atoms with Crippen LogP contribution in [0.1, 0.15) is 13.8 Å². The molecule has 0 aromatic carbocycles. The van der Waals surface area contributed by atoms with Gasteiger partial charge in [-0.2, -0.15) is 11.8 Å². The van der Waals surface area contributed by atoms with Gasteiger partial charge in [0.1, 0.15) is 10.7 Å². The highest BCUT2D eigenvalue weighted by Crippen LogP contribution is 2.22. The molecule has 0 amide bonds. The van der Waals surface area contributed by atoms with E-state index in [2.05, 4.69) is 31.0 Å². The summed E-state index contributed by atoms with van der Waals surface area (Å²) in [6.45, 7) is 4.94. The molecule has 1 aromatic rings. The number of hydrogen-bond donors (Lipinski definition) is 2. The number of anilines is 1. The molecule has 1 aromatic heterocycles. The molecule has 8 heteroatoms. The number of pyridine rings is 1. The van der Waals surface area contributed by atoms with Crippen LogP contribution in [-0.2, 0) is 10.0 Å². The maximum Gasteiger partial charge on any atom is 0.244 e. The van der Waals surface area contributed by atoms with Gasteiger partial charge in [-0.15, -0.1) is 0 Å². The molecule has 2 N–H and O–H groups in total. The quantitative estimate of drug-likeness (QED) is 0.723. The minimum absolute atomic E-state index is 0.171. The summed E-state index contributed by atoms with van der Waals surface area (Å²) < 4.78 is 28.0. The van der Waals surface area contributed by atoms with Crippen LogP contribution < -0.4 is 10.0 Å². The Bertz CT molecular complexity index is 538. The zero-order valence-electron chi connectivity index (χ0n) is 11.8. The molecule has 0 fully saturated rings. The van der Waals surface area contributed by atoms with Crippen molar-refractivity contribution in [3.63, 3.8) is 0 Å². The second-order valence-corrected chi connectivity index (χ2v) is 8.00. The lowest BCUT2D eigenvalue weighted by molar-refractivity contribution is 0.562. The third kappa shape index (κ3) is 5.23. The molecule has 1 atom stereocenters. The minimum Gasteiger partial charge on any atom is -0.369 e. The molecule has 0 aliphatic rings. The van der Waals surface area contributed by atoms with E-state index >= 15 is 0 Å². The summed E-state index contributed by atoms with van der Waals surface area (Å²) in [7, 11) is -3.56. The van der Waals surface area contributed by atoms with Crippen molar-refractivity contribution in [2.45, 2.75) is 18.7 Å². The fraction of sp³-hybridized carbons (Fsp3) is 0.583. The van der Waals surface area contributed by atoms with Crippen LogP contribution in [0.3, 0.4) is 0 Å². The Balaban J connectivity index is 2.93. The first-order chi connectivity index (χ1) is 9.40. The number of nitrogens with one attached hydrogen (secondary N) is 2. The Morgan fingerprint density at radius 1 is 1.50 bits per heavy atom. The van der Waals surface area contributed by atoms with Gasteiger partial charge in [-0.3, -0.25) is 0 Å². The van der Waals surface area contributed by atoms with Crippen molar-refractivity contribution in [1.82, 2.24) is 9.71 Å². The monoisotopic (exact) mass is 381 g/mol. The number of hydrogen-bond acceptors (Lipinski definition) is 5. The Kier molecular flexibility index (Phi) is 7.28. The molecule has 0 aliphatic carbocycles. The van der Waals surface area contributed by atoms with Gasteiger partial charge in [0.25, 0.3) is 0 Å². The predicted molar refractivity (Wildman–Crippen MR) is 88.8 cm³/mol. The van der Waals surface area contributed by atoms with Crippen LogP contribution in [0.25, 0.3) is 0 Å². The lowest BCUT2D eigenvalue weighted by Crippen LogP contribution is -2.30. The van der Waals surface area contributed by atoms with Crippen molar-refractivity contribution in [2.24, 2.45) is 5.92 Å². The highest BCUT2D eigenvalue weighted by atomic mass is 79.9. The normalized spacial score (nSPS) is 13.2. The van der Waals surface area contributed by atoms with E-state index in [-0.39, 0.29) is 10.8 Å². The minimum atomic E-state index is -3.56. The summed E-state index contributed by atoms with van der Waals surface area (Å²) in [6.07, 6.45) is 3.58. The number of sulfonamides is 1. The second kappa shape index (κ2) is 8.21. The first-order valence-corrected chi connectivity index (χ1v) is 9.95. The first-order valence-electron chi connectivity index (χ1n) is 6.28. The van der Waals surface area contributed by atoms with E-state index in [1.807, 2.05) is 20.1 Å². The third-order valence-corrected chi connectivity index (χ3v) is 5.30. The van der Waals surface area contributed by atoms with E-state index < -0.39 is 10.0 Å². The standard InChI is InChI=1S/C12H20BrN3O2S2/c1-4-14-12-11(5-10(13)7-15-12)20(17,18)16-6-9(2)8-19-3/h5,7,9,16H,4,6,8H2,1-3H3,(H,14,15). The fourth-order valence-corrected chi connectivity index (χ4v) is 4.09. The average molecular weight is 382 g/mol. The molecule has 1 rings (SSSR count). The zero-order valence-corrected chi connectivity index (χ0v) is 15.0. The highest BCUT2D eigenvalue weighted by Gasteiger charge is 2.20. The molecular formula is C12H20BrN3O2S2. The number of nitrogens with zero attached hydrogens (tertiary/aromatic N) is 1. The zero-order chi connectivity index (χ0) is 15.2. The Labute approximate surface area is 133 Å². The van der Waals surface area contributed by atoms with Crippen molar-refractivity contribution in [1.29, 1.82) is 0 Å². The van der Waals surface area contributed by atoms with Gasteiger partial charge in [0.15, 0.2) is 0 Å². The summed E-state index contributed by atoms with van der Waals surface area (Å²) in [5.74, 6) is 1.57. The predicted octanol–water partition coefficient (Wildman–Crippen LogP) is 2.55. The van der Waals surface area contributed by atoms with E-state index in [0.717, 1.165) is 5.75 Å². The maximum absolute atomic E-state index is 12.4. The molecule has 0 bridgehead atoms. The van der Waals surface area contributed by atoms with Crippen LogP contribution in [0, 0.1) is 5.92 Å². The van der Waals surface area contributed by atoms with Crippen LogP contribution in [0.4, 0.5) is 5.82 Å². The Morgan fingerprint density at radius 3 is 2.80 bits per heavy atom. The smallest absolute Gasteiger partial charge is 0.244 e. The molecule has 0 aliphatic heterocycles. The molecule has 0 radical (unpaired) electrons. The van der Waals surface area contributed by atoms with Crippen molar-refractivity contribution >= 4 is 43.5 Å². The SMILES string of the molecule is CCNc1ncc(Br)cc1S(=O)(=O)NCC(C)CSC. The largest absolute Gasteiger partial charge is 0.369 e. The maximum atomic E-state index is 12.4. The van der Waals surface area contributed by atoms with Crippen LogP contribution in [-0.4, -0.2) is 38.5 Å². The van der Waals surface area contributed by atoms with E-state index in [0.29, 0.717) is 23.4 Å². The molecule has 0 spiro atoms. The van der Waals surface area contributed by atoms with E-state index in [1.54, 1.807) is 24.0 Å². The number of halogens is 1. The summed E-state index contributed by atoms with van der Waals surface area (Å²) in [6, 6.07) is 1.56. The first kappa shape index (κ1) is 17.7. The van der Waals surface area contributed by atoms with Gasteiger partial charge in [0, 0.05) is 23.8 Å². The average Bonchev–Trinajstić information content (AvgIpc) is 2.39. The summed E-state index contributed by atoms with van der Waals surface area (Å²) >= 11 is 4.96. The van der Waals surface area contributed by atoms with Gasteiger partial charge in [0.2, 0.25) is 10.0 Å². The van der Waals surface area contributed by atoms with Crippen LogP contribution >= 0.6 is 27.7 Å². The molecule has 0 saturated heterocycles. The summed E-state index contributed by atoms with van der Waals surface area (Å²) in [5.41, 5.74) is 0. The van der Waals surface area contributed by atoms with Crippen molar-refractivity contribution in [2.75, 3.05) is 30.4 Å². The summed E-state index contributed by atoms with van der Waals surface area (Å²) in [5, 5.41) is 2.97. The molecule has 5 nitrogen and oxygen atoms in total. The highest BCUT2D eigenvalue weighted by molar-refractivity contribution is 9.10. The summed E-state index contributed by atoms with van der Waals surface area (Å²) in [4.78, 5) is 4.29. The fourth-order valence-electron chi connectivity index (χ4n) is 1.60. The molecule has 1 heterocycles. The van der Waals surface area contributed by atoms with Crippen molar-refractivity contribution in [3.05, 3.63) is 16.7 Å². The van der Waals surface area contributed by atoms with Crippen LogP contribution in [0.5, 0.6) is 0 Å². The number of aromatic nitrogens is 1. The molecule has 20 heavy (non-hydrogen) atoms. The molecule has 0 saturated carbocycles. The molecule has 114 valence electrons. The van der Waals surface area contributed by atoms with Gasteiger partial charge in [0.05, 0.1) is 0 Å². The van der Waals surface area contributed by atoms with Gasteiger partial charge >= 0.3 is 0 Å². The Hall–Kier alpha value is -0.310. The van der Waals surface area contributed by atoms with Gasteiger partial charge in [-0.05, 0) is 46.8 Å². The van der Waals surface area contributed by atoms with Gasteiger partial charge < -0.3 is 5.32 Å². The van der Waals surface area contributed by atoms with Crippen molar-refractivity contribution < 1.29 is 8.42 Å². The van der Waals surface area contributed by atoms with E-state index in [9.17, 15) is 8.42 Å². The van der Waals surface area contributed by atoms with Crippen molar-refractivity contribution in [3.8, 4) is 0 Å². The van der Waals surface area contributed by atoms with Crippen LogP contribution in [0.2, 0.25) is 0 Å². The second-order valence-electron chi connectivity index (χ2n) is 4.44. The lowest BCUT2D eigenvalue weighted by Gasteiger charge is -2.14. The van der Waals surface area contributed by atoms with Gasteiger partial charge in [-0.25, -0.2) is 18.1 Å². The molecular weight excluding hydrogens is 362 g/mol. The third-order valence-electron chi connectivity index (χ3n) is 2.53. The Morgan fingerprint density at radius 2 is 2.20 bits per heavy atom.